The first-order valence-corrected chi connectivity index (χ1v) is 11.1. The zero-order valence-electron chi connectivity index (χ0n) is 11.8. The van der Waals surface area contributed by atoms with Crippen LogP contribution < -0.4 is 5.56 Å². The number of rotatable bonds is 8. The quantitative estimate of drug-likeness (QED) is 0.486. The van der Waals surface area contributed by atoms with E-state index in [1.165, 1.54) is 6.33 Å². The first-order valence-electron chi connectivity index (χ1n) is 6.69. The number of hydrogen-bond donors (Lipinski definition) is 4. The van der Waals surface area contributed by atoms with Gasteiger partial charge in [0.25, 0.3) is 0 Å². The number of aliphatic hydroxyl groups excluding tert-OH is 2. The standard InChI is InChI=1S/C13H20AsN3O3S/c1-21-6-9(10(19)5-18)3-14-2-8-4-15-12-11(8)16-7-17-13(12)20/h4,7,9-10,14-15,18-19H,2-3,5-6H2,1H3,(H,16,17,20). The van der Waals surface area contributed by atoms with Crippen molar-refractivity contribution in [2.24, 2.45) is 5.92 Å². The number of nitrogens with one attached hydrogen (secondary N) is 2. The monoisotopic (exact) mass is 373 g/mol. The van der Waals surface area contributed by atoms with E-state index in [-0.39, 0.29) is 33.8 Å². The summed E-state index contributed by atoms with van der Waals surface area (Å²) in [6.45, 7) is -0.179. The normalized spacial score (nSPS) is 15.0. The van der Waals surface area contributed by atoms with E-state index in [1.807, 2.05) is 12.5 Å². The molecule has 8 heteroatoms. The molecular formula is C13H20AsN3O3S. The van der Waals surface area contributed by atoms with Crippen molar-refractivity contribution in [2.75, 3.05) is 18.6 Å². The van der Waals surface area contributed by atoms with Crippen molar-refractivity contribution in [3.63, 3.8) is 0 Å². The Morgan fingerprint density at radius 2 is 2.29 bits per heavy atom. The van der Waals surface area contributed by atoms with Crippen LogP contribution in [0.4, 0.5) is 0 Å². The first-order chi connectivity index (χ1) is 10.2. The molecule has 0 amide bonds. The van der Waals surface area contributed by atoms with Gasteiger partial charge < -0.3 is 0 Å². The number of nitrogens with zero attached hydrogens (tertiary/aromatic N) is 1. The third kappa shape index (κ3) is 4.13. The molecule has 21 heavy (non-hydrogen) atoms. The summed E-state index contributed by atoms with van der Waals surface area (Å²) in [7, 11) is 0. The van der Waals surface area contributed by atoms with E-state index >= 15 is 0 Å². The van der Waals surface area contributed by atoms with E-state index in [2.05, 4.69) is 15.0 Å². The Hall–Kier alpha value is -0.752. The number of H-pyrrole nitrogens is 2. The predicted molar refractivity (Wildman–Crippen MR) is 87.3 cm³/mol. The average Bonchev–Trinajstić information content (AvgIpc) is 2.90. The van der Waals surface area contributed by atoms with Gasteiger partial charge in [-0.2, -0.15) is 0 Å². The fourth-order valence-corrected chi connectivity index (χ4v) is 6.49. The van der Waals surface area contributed by atoms with Crippen LogP contribution in [-0.2, 0) is 5.21 Å². The number of hydrogen-bond acceptors (Lipinski definition) is 5. The molecule has 0 radical (unpaired) electrons. The molecule has 2 aromatic rings. The Kier molecular flexibility index (Phi) is 6.36. The number of aromatic nitrogens is 3. The van der Waals surface area contributed by atoms with E-state index in [0.29, 0.717) is 5.52 Å². The number of aliphatic hydroxyl groups is 2. The van der Waals surface area contributed by atoms with Gasteiger partial charge in [-0.1, -0.05) is 0 Å². The van der Waals surface area contributed by atoms with Crippen molar-refractivity contribution in [1.82, 2.24) is 15.0 Å². The maximum absolute atomic E-state index is 11.6. The van der Waals surface area contributed by atoms with Crippen LogP contribution in [0.5, 0.6) is 0 Å². The second-order valence-electron chi connectivity index (χ2n) is 4.87. The Morgan fingerprint density at radius 1 is 1.48 bits per heavy atom. The summed E-state index contributed by atoms with van der Waals surface area (Å²) in [5.41, 5.74) is 2.18. The summed E-state index contributed by atoms with van der Waals surface area (Å²) in [4.78, 5) is 21.4. The molecule has 0 aliphatic heterocycles. The molecule has 0 saturated heterocycles. The topological polar surface area (TPSA) is 102 Å². The number of aromatic amines is 2. The molecule has 3 unspecified atom stereocenters. The van der Waals surface area contributed by atoms with Crippen LogP contribution in [0.1, 0.15) is 5.56 Å². The van der Waals surface area contributed by atoms with Gasteiger partial charge in [-0.05, 0) is 0 Å². The minimum atomic E-state index is -0.634. The van der Waals surface area contributed by atoms with Crippen molar-refractivity contribution in [3.05, 3.63) is 28.4 Å². The van der Waals surface area contributed by atoms with Gasteiger partial charge in [-0.25, -0.2) is 0 Å². The van der Waals surface area contributed by atoms with E-state index in [1.54, 1.807) is 11.8 Å². The Balaban J connectivity index is 1.98. The molecule has 6 nitrogen and oxygen atoms in total. The third-order valence-electron chi connectivity index (χ3n) is 3.38. The molecule has 3 atom stereocenters. The zero-order chi connectivity index (χ0) is 15.2. The maximum atomic E-state index is 11.6. The molecule has 0 saturated carbocycles. The molecule has 4 N–H and O–H groups in total. The predicted octanol–water partition coefficient (Wildman–Crippen LogP) is -0.0616. The fraction of sp³-hybridized carbons (Fsp3) is 0.538. The van der Waals surface area contributed by atoms with Crippen LogP contribution in [-0.4, -0.2) is 65.6 Å². The van der Waals surface area contributed by atoms with Crippen molar-refractivity contribution >= 4 is 38.5 Å². The van der Waals surface area contributed by atoms with Gasteiger partial charge in [0, 0.05) is 0 Å². The Morgan fingerprint density at radius 3 is 3.00 bits per heavy atom. The van der Waals surface area contributed by atoms with E-state index in [0.717, 1.165) is 27.3 Å². The van der Waals surface area contributed by atoms with E-state index in [4.69, 9.17) is 5.11 Å². The van der Waals surface area contributed by atoms with Crippen molar-refractivity contribution in [3.8, 4) is 0 Å². The van der Waals surface area contributed by atoms with Gasteiger partial charge >= 0.3 is 133 Å². The summed E-state index contributed by atoms with van der Waals surface area (Å²) < 4.78 is 0. The van der Waals surface area contributed by atoms with Gasteiger partial charge in [-0.3, -0.25) is 0 Å². The van der Waals surface area contributed by atoms with E-state index < -0.39 is 6.10 Å². The molecule has 0 bridgehead atoms. The van der Waals surface area contributed by atoms with Gasteiger partial charge in [-0.15, -0.1) is 0 Å². The zero-order valence-corrected chi connectivity index (χ0v) is 14.7. The molecule has 0 fully saturated rings. The molecule has 0 aliphatic carbocycles. The van der Waals surface area contributed by atoms with Crippen molar-refractivity contribution in [2.45, 2.75) is 16.5 Å². The molecule has 0 aliphatic rings. The van der Waals surface area contributed by atoms with Gasteiger partial charge in [0.05, 0.1) is 0 Å². The van der Waals surface area contributed by atoms with Gasteiger partial charge in [0.2, 0.25) is 0 Å². The van der Waals surface area contributed by atoms with Crippen LogP contribution in [0.15, 0.2) is 17.3 Å². The summed E-state index contributed by atoms with van der Waals surface area (Å²) in [5.74, 6) is 1.00. The van der Waals surface area contributed by atoms with Crippen LogP contribution in [0.25, 0.3) is 11.0 Å². The summed E-state index contributed by atoms with van der Waals surface area (Å²) in [5, 5.41) is 20.8. The first kappa shape index (κ1) is 16.6. The molecule has 0 spiro atoms. The van der Waals surface area contributed by atoms with Crippen LogP contribution in [0, 0.1) is 5.92 Å². The Labute approximate surface area is 133 Å². The Bertz CT molecular complexity index is 630. The molecule has 0 aromatic carbocycles. The van der Waals surface area contributed by atoms with Crippen LogP contribution in [0.2, 0.25) is 5.21 Å². The summed E-state index contributed by atoms with van der Waals surface area (Å²) in [6, 6.07) is 0. The number of thioether (sulfide) groups is 1. The molecule has 2 heterocycles. The second kappa shape index (κ2) is 8.03. The second-order valence-corrected chi connectivity index (χ2v) is 8.42. The summed E-state index contributed by atoms with van der Waals surface area (Å²) >= 11 is 1.39. The minimum absolute atomic E-state index is 0.145. The third-order valence-corrected chi connectivity index (χ3v) is 7.17. The van der Waals surface area contributed by atoms with Crippen molar-refractivity contribution in [1.29, 1.82) is 0 Å². The van der Waals surface area contributed by atoms with Crippen molar-refractivity contribution < 1.29 is 10.2 Å². The summed E-state index contributed by atoms with van der Waals surface area (Å²) in [6.07, 6.45) is 4.65. The van der Waals surface area contributed by atoms with Gasteiger partial charge in [0.1, 0.15) is 0 Å². The van der Waals surface area contributed by atoms with Crippen LogP contribution in [0.3, 0.4) is 0 Å². The molecular weight excluding hydrogens is 353 g/mol. The number of fused-ring (bicyclic) bond motifs is 1. The van der Waals surface area contributed by atoms with E-state index in [9.17, 15) is 9.90 Å². The SMILES string of the molecule is CSCC(C[AsH]Cc1c[nH]c2c(=O)[nH]cnc12)C(O)CO. The molecule has 2 rings (SSSR count). The average molecular weight is 373 g/mol. The molecule has 2 aromatic heterocycles. The fourth-order valence-electron chi connectivity index (χ4n) is 2.20. The van der Waals surface area contributed by atoms with Crippen LogP contribution >= 0.6 is 11.8 Å². The van der Waals surface area contributed by atoms with Gasteiger partial charge in [0.15, 0.2) is 0 Å². The molecule has 116 valence electrons.